The number of hydrogen-bond donors (Lipinski definition) is 1. The van der Waals surface area contributed by atoms with E-state index in [2.05, 4.69) is 25.7 Å². The van der Waals surface area contributed by atoms with Gasteiger partial charge in [-0.15, -0.1) is 0 Å². The molecule has 0 aliphatic carbocycles. The number of pyridine rings is 1. The third-order valence-electron chi connectivity index (χ3n) is 2.05. The number of fused-ring (bicyclic) bond motifs is 1. The molecule has 0 saturated heterocycles. The van der Waals surface area contributed by atoms with Crippen LogP contribution in [0.15, 0.2) is 22.9 Å². The molecule has 0 spiro atoms. The minimum Gasteiger partial charge on any atom is -0.465 e. The monoisotopic (exact) mass is 269 g/mol. The lowest BCUT2D eigenvalue weighted by atomic mass is 10.3. The van der Waals surface area contributed by atoms with Gasteiger partial charge in [0.25, 0.3) is 0 Å². The van der Waals surface area contributed by atoms with Gasteiger partial charge in [0.1, 0.15) is 11.4 Å². The van der Waals surface area contributed by atoms with E-state index in [0.717, 1.165) is 0 Å². The van der Waals surface area contributed by atoms with Crippen LogP contribution in [0.1, 0.15) is 10.4 Å². The Morgan fingerprint density at radius 1 is 1.67 bits per heavy atom. The molecule has 0 fully saturated rings. The summed E-state index contributed by atoms with van der Waals surface area (Å²) in [6.45, 7) is 0. The predicted molar refractivity (Wildman–Crippen MR) is 58.6 cm³/mol. The van der Waals surface area contributed by atoms with Gasteiger partial charge in [0.2, 0.25) is 0 Å². The van der Waals surface area contributed by atoms with Crippen LogP contribution in [0.2, 0.25) is 0 Å². The maximum Gasteiger partial charge on any atom is 0.342 e. The van der Waals surface area contributed by atoms with Gasteiger partial charge in [-0.2, -0.15) is 0 Å². The summed E-state index contributed by atoms with van der Waals surface area (Å²) in [5, 5.41) is 0. The van der Waals surface area contributed by atoms with E-state index in [1.807, 2.05) is 0 Å². The first-order valence-corrected chi connectivity index (χ1v) is 4.94. The van der Waals surface area contributed by atoms with Gasteiger partial charge in [-0.05, 0) is 22.0 Å². The number of nitrogens with zero attached hydrogens (tertiary/aromatic N) is 2. The number of anilines is 1. The molecule has 0 aliphatic rings. The Hall–Kier alpha value is -1.56. The average Bonchev–Trinajstić information content (AvgIpc) is 2.59. The number of nitrogens with two attached hydrogens (primary N) is 1. The zero-order valence-corrected chi connectivity index (χ0v) is 9.48. The largest absolute Gasteiger partial charge is 0.465 e. The van der Waals surface area contributed by atoms with Crippen LogP contribution < -0.4 is 5.73 Å². The number of aromatic nitrogens is 2. The van der Waals surface area contributed by atoms with Crippen molar-refractivity contribution in [3.8, 4) is 0 Å². The van der Waals surface area contributed by atoms with Crippen LogP contribution in [-0.2, 0) is 4.74 Å². The van der Waals surface area contributed by atoms with E-state index < -0.39 is 5.97 Å². The molecular weight excluding hydrogens is 262 g/mol. The molecular formula is C9H8BrN3O2. The molecule has 0 saturated carbocycles. The summed E-state index contributed by atoms with van der Waals surface area (Å²) in [6, 6.07) is 1.72. The van der Waals surface area contributed by atoms with Gasteiger partial charge in [0.05, 0.1) is 13.3 Å². The number of carbonyl (C=O) groups is 1. The number of esters is 1. The molecule has 2 heterocycles. The number of methoxy groups -OCH3 is 1. The first-order valence-electron chi connectivity index (χ1n) is 4.14. The minimum atomic E-state index is -0.446. The van der Waals surface area contributed by atoms with Crippen molar-refractivity contribution in [3.63, 3.8) is 0 Å². The highest BCUT2D eigenvalue weighted by Gasteiger charge is 2.17. The quantitative estimate of drug-likeness (QED) is 0.796. The van der Waals surface area contributed by atoms with Gasteiger partial charge < -0.3 is 10.5 Å². The highest BCUT2D eigenvalue weighted by molar-refractivity contribution is 9.10. The molecule has 2 aromatic rings. The van der Waals surface area contributed by atoms with Crippen LogP contribution in [0.5, 0.6) is 0 Å². The highest BCUT2D eigenvalue weighted by Crippen LogP contribution is 2.23. The van der Waals surface area contributed by atoms with E-state index in [-0.39, 0.29) is 0 Å². The fraction of sp³-hybridized carbons (Fsp3) is 0.111. The fourth-order valence-electron chi connectivity index (χ4n) is 1.34. The third kappa shape index (κ3) is 1.46. The SMILES string of the molecule is COC(=O)c1c(Br)ccn2c(N)cnc12. The molecule has 15 heavy (non-hydrogen) atoms. The third-order valence-corrected chi connectivity index (χ3v) is 2.71. The standard InChI is InChI=1S/C9H8BrN3O2/c1-15-9(14)7-5(10)2-3-13-6(11)4-12-8(7)13/h2-4H,11H2,1H3. The van der Waals surface area contributed by atoms with Crippen molar-refractivity contribution in [3.05, 3.63) is 28.5 Å². The van der Waals surface area contributed by atoms with Crippen LogP contribution in [0.4, 0.5) is 5.82 Å². The Balaban J connectivity index is 2.80. The van der Waals surface area contributed by atoms with Crippen molar-refractivity contribution >= 4 is 33.4 Å². The number of carbonyl (C=O) groups excluding carboxylic acids is 1. The second-order valence-corrected chi connectivity index (χ2v) is 3.76. The Labute approximate surface area is 94.0 Å². The number of halogens is 1. The molecule has 0 aliphatic heterocycles. The van der Waals surface area contributed by atoms with Crippen molar-refractivity contribution in [2.24, 2.45) is 0 Å². The summed E-state index contributed by atoms with van der Waals surface area (Å²) in [5.41, 5.74) is 6.52. The van der Waals surface area contributed by atoms with E-state index in [9.17, 15) is 4.79 Å². The molecule has 2 aromatic heterocycles. The molecule has 0 atom stereocenters. The first kappa shape index (κ1) is 9.97. The van der Waals surface area contributed by atoms with E-state index >= 15 is 0 Å². The summed E-state index contributed by atoms with van der Waals surface area (Å²) >= 11 is 3.27. The summed E-state index contributed by atoms with van der Waals surface area (Å²) in [4.78, 5) is 15.6. The molecule has 0 radical (unpaired) electrons. The predicted octanol–water partition coefficient (Wildman–Crippen LogP) is 1.47. The van der Waals surface area contributed by atoms with Crippen molar-refractivity contribution in [2.75, 3.05) is 12.8 Å². The van der Waals surface area contributed by atoms with Crippen molar-refractivity contribution < 1.29 is 9.53 Å². The normalized spacial score (nSPS) is 10.5. The van der Waals surface area contributed by atoms with E-state index in [0.29, 0.717) is 21.5 Å². The zero-order valence-electron chi connectivity index (χ0n) is 7.90. The number of ether oxygens (including phenoxy) is 1. The van der Waals surface area contributed by atoms with Gasteiger partial charge in [0.15, 0.2) is 5.65 Å². The molecule has 0 amide bonds. The molecule has 2 N–H and O–H groups in total. The fourth-order valence-corrected chi connectivity index (χ4v) is 1.79. The lowest BCUT2D eigenvalue weighted by Gasteiger charge is -2.04. The summed E-state index contributed by atoms with van der Waals surface area (Å²) in [5.74, 6) is 0.0285. The summed E-state index contributed by atoms with van der Waals surface area (Å²) < 4.78 is 6.93. The smallest absolute Gasteiger partial charge is 0.342 e. The van der Waals surface area contributed by atoms with Crippen LogP contribution in [0.3, 0.4) is 0 Å². The second-order valence-electron chi connectivity index (χ2n) is 2.91. The number of hydrogen-bond acceptors (Lipinski definition) is 4. The topological polar surface area (TPSA) is 69.6 Å². The maximum absolute atomic E-state index is 11.5. The highest BCUT2D eigenvalue weighted by atomic mass is 79.9. The van der Waals surface area contributed by atoms with Crippen molar-refractivity contribution in [1.82, 2.24) is 9.38 Å². The number of rotatable bonds is 1. The van der Waals surface area contributed by atoms with Gasteiger partial charge in [0, 0.05) is 10.7 Å². The summed E-state index contributed by atoms with van der Waals surface area (Å²) in [7, 11) is 1.32. The van der Waals surface area contributed by atoms with Crippen LogP contribution in [0.25, 0.3) is 5.65 Å². The minimum absolute atomic E-state index is 0.372. The molecule has 0 unspecified atom stereocenters. The lowest BCUT2D eigenvalue weighted by Crippen LogP contribution is -2.06. The van der Waals surface area contributed by atoms with Gasteiger partial charge in [-0.1, -0.05) is 0 Å². The van der Waals surface area contributed by atoms with Crippen LogP contribution in [-0.4, -0.2) is 22.5 Å². The molecule has 2 rings (SSSR count). The van der Waals surface area contributed by atoms with Crippen molar-refractivity contribution in [1.29, 1.82) is 0 Å². The molecule has 6 heteroatoms. The first-order chi connectivity index (χ1) is 7.15. The van der Waals surface area contributed by atoms with Gasteiger partial charge in [-0.25, -0.2) is 9.78 Å². The second kappa shape index (κ2) is 3.54. The zero-order chi connectivity index (χ0) is 11.0. The summed E-state index contributed by atoms with van der Waals surface area (Å²) in [6.07, 6.45) is 3.22. The van der Waals surface area contributed by atoms with Crippen molar-refractivity contribution in [2.45, 2.75) is 0 Å². The van der Waals surface area contributed by atoms with Crippen LogP contribution in [0, 0.1) is 0 Å². The Morgan fingerprint density at radius 3 is 3.07 bits per heavy atom. The van der Waals surface area contributed by atoms with E-state index in [1.54, 1.807) is 16.7 Å². The lowest BCUT2D eigenvalue weighted by molar-refractivity contribution is 0.0601. The molecule has 0 aromatic carbocycles. The Bertz CT molecular complexity index is 535. The maximum atomic E-state index is 11.5. The molecule has 0 bridgehead atoms. The Morgan fingerprint density at radius 2 is 2.40 bits per heavy atom. The average molecular weight is 270 g/mol. The molecule has 78 valence electrons. The number of imidazole rings is 1. The van der Waals surface area contributed by atoms with Gasteiger partial charge >= 0.3 is 5.97 Å². The van der Waals surface area contributed by atoms with E-state index in [1.165, 1.54) is 13.3 Å². The van der Waals surface area contributed by atoms with E-state index in [4.69, 9.17) is 5.73 Å². The molecule has 5 nitrogen and oxygen atoms in total. The van der Waals surface area contributed by atoms with Gasteiger partial charge in [-0.3, -0.25) is 4.40 Å². The van der Waals surface area contributed by atoms with Crippen LogP contribution >= 0.6 is 15.9 Å². The number of nitrogen functional groups attached to an aromatic ring is 1. The Kier molecular flexibility index (Phi) is 2.36.